The molecule has 4 aromatic carbocycles. The number of ether oxygens (including phenoxy) is 5. The zero-order valence-electron chi connectivity index (χ0n) is 27.6. The molecule has 258 valence electrons. The summed E-state index contributed by atoms with van der Waals surface area (Å²) in [6.07, 6.45) is 0.474. The minimum Gasteiger partial charge on any atom is -0.508 e. The molecular formula is C38H34O12. The summed E-state index contributed by atoms with van der Waals surface area (Å²) < 4.78 is 34.6. The van der Waals surface area contributed by atoms with Crippen LogP contribution in [0.2, 0.25) is 0 Å². The van der Waals surface area contributed by atoms with E-state index in [2.05, 4.69) is 13.8 Å². The molecule has 4 N–H and O–H groups in total. The highest BCUT2D eigenvalue weighted by molar-refractivity contribution is 6.06. The van der Waals surface area contributed by atoms with Crippen molar-refractivity contribution < 1.29 is 53.3 Å². The van der Waals surface area contributed by atoms with Crippen molar-refractivity contribution in [2.45, 2.75) is 38.4 Å². The zero-order valence-corrected chi connectivity index (χ0v) is 27.6. The van der Waals surface area contributed by atoms with E-state index in [1.165, 1.54) is 30.3 Å². The van der Waals surface area contributed by atoms with Gasteiger partial charge in [0.2, 0.25) is 11.2 Å². The summed E-state index contributed by atoms with van der Waals surface area (Å²) >= 11 is 0. The molecule has 50 heavy (non-hydrogen) atoms. The molecule has 1 aromatic heterocycles. The quantitative estimate of drug-likeness (QED) is 0.162. The molecule has 0 fully saturated rings. The highest BCUT2D eigenvalue weighted by Crippen LogP contribution is 2.50. The summed E-state index contributed by atoms with van der Waals surface area (Å²) in [7, 11) is 3.16. The second kappa shape index (κ2) is 12.4. The molecule has 0 aliphatic carbocycles. The Bertz CT molecular complexity index is 2220. The van der Waals surface area contributed by atoms with Crippen molar-refractivity contribution in [1.29, 1.82) is 0 Å². The van der Waals surface area contributed by atoms with Crippen LogP contribution in [0.5, 0.6) is 51.7 Å². The first-order valence-corrected chi connectivity index (χ1v) is 15.9. The Balaban J connectivity index is 0.000000166. The number of hydrogen-bond acceptors (Lipinski definition) is 12. The van der Waals surface area contributed by atoms with Crippen molar-refractivity contribution in [3.8, 4) is 63.1 Å². The fourth-order valence-electron chi connectivity index (χ4n) is 6.50. The molecular weight excluding hydrogens is 648 g/mol. The first kappa shape index (κ1) is 32.5. The predicted molar refractivity (Wildman–Crippen MR) is 181 cm³/mol. The first-order chi connectivity index (χ1) is 24.0. The van der Waals surface area contributed by atoms with E-state index in [1.807, 2.05) is 18.2 Å². The van der Waals surface area contributed by atoms with E-state index < -0.39 is 22.8 Å². The molecule has 3 unspecified atom stereocenters. The fourth-order valence-corrected chi connectivity index (χ4v) is 6.50. The SMILES string of the molecule is COc1cc2c(cc1OC)C1C(=O)c3ccc4c(c3OC1CO2)CC(C(C)C)O4.O=c1c(O)c(-c2ccc(O)c(O)c2)oc2cc(O)ccc12. The van der Waals surface area contributed by atoms with Gasteiger partial charge in [0.25, 0.3) is 0 Å². The molecule has 4 heterocycles. The Labute approximate surface area is 285 Å². The molecule has 3 atom stereocenters. The van der Waals surface area contributed by atoms with E-state index in [9.17, 15) is 30.0 Å². The molecule has 0 radical (unpaired) electrons. The molecule has 0 bridgehead atoms. The van der Waals surface area contributed by atoms with Crippen molar-refractivity contribution in [3.05, 3.63) is 87.6 Å². The number of carbonyl (C=O) groups excluding carboxylic acids is 1. The zero-order chi connectivity index (χ0) is 35.4. The van der Waals surface area contributed by atoms with Gasteiger partial charge in [-0.25, -0.2) is 0 Å². The minimum atomic E-state index is -0.654. The van der Waals surface area contributed by atoms with Gasteiger partial charge in [-0.15, -0.1) is 0 Å². The number of phenolic OH excluding ortho intramolecular Hbond substituents is 3. The van der Waals surface area contributed by atoms with Crippen LogP contribution in [-0.2, 0) is 6.42 Å². The van der Waals surface area contributed by atoms with E-state index in [4.69, 9.17) is 28.1 Å². The van der Waals surface area contributed by atoms with Crippen molar-refractivity contribution in [1.82, 2.24) is 0 Å². The smallest absolute Gasteiger partial charge is 0.235 e. The van der Waals surface area contributed by atoms with Gasteiger partial charge in [0.15, 0.2) is 34.5 Å². The Morgan fingerprint density at radius 2 is 1.58 bits per heavy atom. The maximum atomic E-state index is 13.5. The summed E-state index contributed by atoms with van der Waals surface area (Å²) in [4.78, 5) is 25.6. The third-order valence-electron chi connectivity index (χ3n) is 9.18. The number of ketones is 1. The number of methoxy groups -OCH3 is 2. The Morgan fingerprint density at radius 1 is 0.820 bits per heavy atom. The first-order valence-electron chi connectivity index (χ1n) is 15.9. The largest absolute Gasteiger partial charge is 0.508 e. The van der Waals surface area contributed by atoms with Gasteiger partial charge in [0.1, 0.15) is 47.4 Å². The Morgan fingerprint density at radius 3 is 2.30 bits per heavy atom. The molecule has 12 heteroatoms. The monoisotopic (exact) mass is 682 g/mol. The average molecular weight is 683 g/mol. The van der Waals surface area contributed by atoms with Crippen LogP contribution >= 0.6 is 0 Å². The van der Waals surface area contributed by atoms with Crippen LogP contribution in [0.4, 0.5) is 0 Å². The minimum absolute atomic E-state index is 0.0452. The van der Waals surface area contributed by atoms with E-state index in [1.54, 1.807) is 20.3 Å². The van der Waals surface area contributed by atoms with Crippen LogP contribution < -0.4 is 29.1 Å². The third-order valence-corrected chi connectivity index (χ3v) is 9.18. The van der Waals surface area contributed by atoms with Crippen LogP contribution in [-0.4, -0.2) is 59.2 Å². The van der Waals surface area contributed by atoms with E-state index in [0.717, 1.165) is 29.4 Å². The highest BCUT2D eigenvalue weighted by atomic mass is 16.5. The lowest BCUT2D eigenvalue weighted by atomic mass is 9.81. The van der Waals surface area contributed by atoms with Gasteiger partial charge in [0.05, 0.1) is 31.1 Å². The molecule has 3 aliphatic heterocycles. The molecule has 5 aromatic rings. The number of aromatic hydroxyl groups is 4. The third kappa shape index (κ3) is 5.42. The Kier molecular flexibility index (Phi) is 8.09. The van der Waals surface area contributed by atoms with Crippen molar-refractivity contribution in [3.63, 3.8) is 0 Å². The van der Waals surface area contributed by atoms with E-state index >= 15 is 0 Å². The van der Waals surface area contributed by atoms with Crippen LogP contribution in [0.15, 0.2) is 69.9 Å². The summed E-state index contributed by atoms with van der Waals surface area (Å²) in [6, 6.07) is 15.0. The van der Waals surface area contributed by atoms with Gasteiger partial charge in [-0.05, 0) is 54.4 Å². The maximum absolute atomic E-state index is 13.5. The van der Waals surface area contributed by atoms with Gasteiger partial charge in [-0.2, -0.15) is 0 Å². The summed E-state index contributed by atoms with van der Waals surface area (Å²) in [6.45, 7) is 4.58. The van der Waals surface area contributed by atoms with E-state index in [-0.39, 0.29) is 51.8 Å². The number of fused-ring (bicyclic) bond motifs is 7. The standard InChI is InChI=1S/C23H24O6.C15H10O6/c1-11(2)16-8-14-15(28-16)6-5-12-22(24)21-13-7-18(25-3)19(26-4)9-17(13)27-10-20(21)29-23(12)14;16-8-2-3-9-12(6-8)21-15(14(20)13(9)19)7-1-4-10(17)11(18)5-7/h5-7,9,11,16,20-21H,8,10H2,1-4H3;1-6,16-18,20H. The van der Waals surface area contributed by atoms with Crippen LogP contribution in [0, 0.1) is 5.92 Å². The predicted octanol–water partition coefficient (Wildman–Crippen LogP) is 6.07. The molecule has 3 aliphatic rings. The molecule has 12 nitrogen and oxygen atoms in total. The van der Waals surface area contributed by atoms with Gasteiger partial charge in [0, 0.05) is 35.2 Å². The Hall–Kier alpha value is -6.04. The highest BCUT2D eigenvalue weighted by Gasteiger charge is 2.45. The fraction of sp³-hybridized carbons (Fsp3) is 0.263. The number of phenols is 3. The summed E-state index contributed by atoms with van der Waals surface area (Å²) in [5.74, 6) is 1.64. The molecule has 0 saturated heterocycles. The topological polar surface area (TPSA) is 174 Å². The second-order valence-corrected chi connectivity index (χ2v) is 12.6. The van der Waals surface area contributed by atoms with Crippen LogP contribution in [0.25, 0.3) is 22.3 Å². The lowest BCUT2D eigenvalue weighted by Crippen LogP contribution is -2.43. The normalized spacial score (nSPS) is 18.3. The lowest BCUT2D eigenvalue weighted by molar-refractivity contribution is 0.0554. The number of carbonyl (C=O) groups is 1. The summed E-state index contributed by atoms with van der Waals surface area (Å²) in [5, 5.41) is 38.3. The maximum Gasteiger partial charge on any atom is 0.235 e. The number of benzene rings is 4. The van der Waals surface area contributed by atoms with Crippen molar-refractivity contribution in [2.24, 2.45) is 5.92 Å². The van der Waals surface area contributed by atoms with Gasteiger partial charge in [-0.1, -0.05) is 13.8 Å². The van der Waals surface area contributed by atoms with Crippen molar-refractivity contribution >= 4 is 16.8 Å². The molecule has 0 spiro atoms. The number of hydrogen-bond donors (Lipinski definition) is 4. The van der Waals surface area contributed by atoms with Gasteiger partial charge < -0.3 is 48.5 Å². The lowest BCUT2D eigenvalue weighted by Gasteiger charge is -2.37. The number of Topliss-reactive ketones (excluding diaryl/α,β-unsaturated/α-hetero) is 1. The van der Waals surface area contributed by atoms with Crippen molar-refractivity contribution in [2.75, 3.05) is 20.8 Å². The molecule has 0 saturated carbocycles. The van der Waals surface area contributed by atoms with E-state index in [0.29, 0.717) is 41.1 Å². The van der Waals surface area contributed by atoms with Crippen LogP contribution in [0.1, 0.15) is 41.3 Å². The van der Waals surface area contributed by atoms with Gasteiger partial charge >= 0.3 is 0 Å². The van der Waals surface area contributed by atoms with Crippen LogP contribution in [0.3, 0.4) is 0 Å². The summed E-state index contributed by atoms with van der Waals surface area (Å²) in [5.41, 5.74) is 2.03. The second-order valence-electron chi connectivity index (χ2n) is 12.6. The number of rotatable bonds is 4. The molecule has 0 amide bonds. The molecule has 8 rings (SSSR count). The average Bonchev–Trinajstić information content (AvgIpc) is 3.56. The van der Waals surface area contributed by atoms with Gasteiger partial charge in [-0.3, -0.25) is 9.59 Å².